The molecule has 1 aliphatic heterocycles. The van der Waals surface area contributed by atoms with Gasteiger partial charge < -0.3 is 14.3 Å². The number of rotatable bonds is 4. The number of nitrogens with zero attached hydrogens (tertiary/aromatic N) is 1. The number of halogens is 2. The smallest absolute Gasteiger partial charge is 0.300 e. The SMILES string of the molecule is COc1ccc(/C(O)=C2/C(=O)C(=O)N(c3ccc(Cl)cc3)C2c2ccc(C)o2)cc1Br. The molecule has 1 saturated heterocycles. The Hall–Kier alpha value is -3.03. The van der Waals surface area contributed by atoms with E-state index in [4.69, 9.17) is 20.8 Å². The highest BCUT2D eigenvalue weighted by atomic mass is 79.9. The Kier molecular flexibility index (Phi) is 5.64. The number of ketones is 1. The molecule has 0 radical (unpaired) electrons. The van der Waals surface area contributed by atoms with Gasteiger partial charge >= 0.3 is 0 Å². The molecule has 6 nitrogen and oxygen atoms in total. The number of carbonyl (C=O) groups excluding carboxylic acids is 2. The number of Topliss-reactive ketones (excluding diaryl/α,β-unsaturated/α-hetero) is 1. The standard InChI is InChI=1S/C23H17BrClNO5/c1-12-3-9-18(31-12)20-19(21(27)13-4-10-17(30-2)16(24)11-13)22(28)23(29)26(20)15-7-5-14(25)6-8-15/h3-11,20,27H,1-2H3/b21-19-. The summed E-state index contributed by atoms with van der Waals surface area (Å²) in [6, 6.07) is 13.9. The van der Waals surface area contributed by atoms with Crippen molar-refractivity contribution in [3.05, 3.63) is 86.7 Å². The van der Waals surface area contributed by atoms with Crippen LogP contribution in [0, 0.1) is 6.92 Å². The molecule has 1 amide bonds. The van der Waals surface area contributed by atoms with Gasteiger partial charge in [-0.15, -0.1) is 0 Å². The van der Waals surface area contributed by atoms with Gasteiger partial charge in [-0.1, -0.05) is 11.6 Å². The van der Waals surface area contributed by atoms with E-state index in [0.29, 0.717) is 38.0 Å². The van der Waals surface area contributed by atoms with Gasteiger partial charge in [0.25, 0.3) is 11.7 Å². The average molecular weight is 503 g/mol. The van der Waals surface area contributed by atoms with E-state index in [2.05, 4.69) is 15.9 Å². The number of methoxy groups -OCH3 is 1. The molecule has 1 fully saturated rings. The average Bonchev–Trinajstić information content (AvgIpc) is 3.29. The third kappa shape index (κ3) is 3.75. The van der Waals surface area contributed by atoms with Gasteiger partial charge in [-0.2, -0.15) is 0 Å². The minimum atomic E-state index is -0.934. The Balaban J connectivity index is 1.92. The van der Waals surface area contributed by atoms with Crippen molar-refractivity contribution in [2.75, 3.05) is 12.0 Å². The number of anilines is 1. The van der Waals surface area contributed by atoms with Crippen LogP contribution in [0.15, 0.2) is 69.1 Å². The molecule has 1 atom stereocenters. The molecule has 8 heteroatoms. The van der Waals surface area contributed by atoms with Gasteiger partial charge in [-0.25, -0.2) is 0 Å². The second-order valence-electron chi connectivity index (χ2n) is 6.94. The third-order valence-electron chi connectivity index (χ3n) is 5.01. The molecule has 0 bridgehead atoms. The number of carbonyl (C=O) groups is 2. The highest BCUT2D eigenvalue weighted by molar-refractivity contribution is 9.10. The molecule has 2 aromatic carbocycles. The maximum atomic E-state index is 13.1. The molecule has 0 aliphatic carbocycles. The molecule has 3 aromatic rings. The van der Waals surface area contributed by atoms with Crippen molar-refractivity contribution in [2.24, 2.45) is 0 Å². The van der Waals surface area contributed by atoms with Crippen LogP contribution in [-0.4, -0.2) is 23.9 Å². The number of aliphatic hydroxyl groups is 1. The summed E-state index contributed by atoms with van der Waals surface area (Å²) < 4.78 is 11.6. The molecule has 4 rings (SSSR count). The van der Waals surface area contributed by atoms with Crippen LogP contribution < -0.4 is 9.64 Å². The first-order valence-corrected chi connectivity index (χ1v) is 10.5. The van der Waals surface area contributed by atoms with Crippen LogP contribution in [0.3, 0.4) is 0 Å². The van der Waals surface area contributed by atoms with E-state index in [1.165, 1.54) is 12.0 Å². The van der Waals surface area contributed by atoms with Gasteiger partial charge in [0.05, 0.1) is 17.2 Å². The first kappa shape index (κ1) is 21.2. The van der Waals surface area contributed by atoms with Gasteiger partial charge in [0, 0.05) is 16.3 Å². The number of ether oxygens (including phenoxy) is 1. The van der Waals surface area contributed by atoms with Crippen LogP contribution in [0.1, 0.15) is 23.1 Å². The number of aliphatic hydroxyl groups excluding tert-OH is 1. The topological polar surface area (TPSA) is 80.0 Å². The second-order valence-corrected chi connectivity index (χ2v) is 8.23. The summed E-state index contributed by atoms with van der Waals surface area (Å²) in [7, 11) is 1.52. The van der Waals surface area contributed by atoms with Crippen molar-refractivity contribution in [1.82, 2.24) is 0 Å². The normalized spacial score (nSPS) is 17.9. The molecule has 0 spiro atoms. The zero-order chi connectivity index (χ0) is 22.3. The molecule has 1 aromatic heterocycles. The number of aryl methyl sites for hydroxylation is 1. The monoisotopic (exact) mass is 501 g/mol. The fourth-order valence-electron chi connectivity index (χ4n) is 3.54. The summed E-state index contributed by atoms with van der Waals surface area (Å²) in [4.78, 5) is 27.4. The van der Waals surface area contributed by atoms with E-state index in [-0.39, 0.29) is 11.3 Å². The van der Waals surface area contributed by atoms with Crippen molar-refractivity contribution in [3.8, 4) is 5.75 Å². The van der Waals surface area contributed by atoms with Crippen molar-refractivity contribution in [1.29, 1.82) is 0 Å². The van der Waals surface area contributed by atoms with Crippen molar-refractivity contribution >= 4 is 50.7 Å². The summed E-state index contributed by atoms with van der Waals surface area (Å²) in [5.41, 5.74) is 0.752. The Labute approximate surface area is 191 Å². The highest BCUT2D eigenvalue weighted by Crippen LogP contribution is 2.43. The molecule has 1 unspecified atom stereocenters. The Morgan fingerprint density at radius 2 is 1.84 bits per heavy atom. The number of benzene rings is 2. The van der Waals surface area contributed by atoms with Crippen LogP contribution in [0.25, 0.3) is 5.76 Å². The summed E-state index contributed by atoms with van der Waals surface area (Å²) in [6.45, 7) is 1.76. The van der Waals surface area contributed by atoms with E-state index < -0.39 is 17.7 Å². The van der Waals surface area contributed by atoms with E-state index in [1.54, 1.807) is 61.5 Å². The zero-order valence-corrected chi connectivity index (χ0v) is 18.9. The van der Waals surface area contributed by atoms with Crippen molar-refractivity contribution in [3.63, 3.8) is 0 Å². The molecule has 31 heavy (non-hydrogen) atoms. The number of amides is 1. The van der Waals surface area contributed by atoms with Gasteiger partial charge in [-0.3, -0.25) is 14.5 Å². The number of hydrogen-bond acceptors (Lipinski definition) is 5. The highest BCUT2D eigenvalue weighted by Gasteiger charge is 2.48. The predicted molar refractivity (Wildman–Crippen MR) is 120 cm³/mol. The zero-order valence-electron chi connectivity index (χ0n) is 16.6. The summed E-state index contributed by atoms with van der Waals surface area (Å²) in [5.74, 6) is -0.341. The van der Waals surface area contributed by atoms with Gasteiger partial charge in [0.1, 0.15) is 29.1 Å². The Bertz CT molecular complexity index is 1210. The summed E-state index contributed by atoms with van der Waals surface area (Å²) in [5, 5.41) is 11.6. The number of hydrogen-bond donors (Lipinski definition) is 1. The second kappa shape index (κ2) is 8.24. The predicted octanol–water partition coefficient (Wildman–Crippen LogP) is 5.64. The first-order valence-electron chi connectivity index (χ1n) is 9.28. The minimum absolute atomic E-state index is 0.0635. The lowest BCUT2D eigenvalue weighted by Crippen LogP contribution is -2.29. The lowest BCUT2D eigenvalue weighted by Gasteiger charge is -2.23. The lowest BCUT2D eigenvalue weighted by atomic mass is 9.99. The van der Waals surface area contributed by atoms with E-state index >= 15 is 0 Å². The molecular formula is C23H17BrClNO5. The first-order chi connectivity index (χ1) is 14.8. The maximum absolute atomic E-state index is 13.1. The molecule has 1 aliphatic rings. The van der Waals surface area contributed by atoms with Crippen molar-refractivity contribution < 1.29 is 23.8 Å². The quantitative estimate of drug-likeness (QED) is 0.284. The van der Waals surface area contributed by atoms with Crippen LogP contribution in [-0.2, 0) is 9.59 Å². The fraction of sp³-hybridized carbons (Fsp3) is 0.130. The van der Waals surface area contributed by atoms with E-state index in [9.17, 15) is 14.7 Å². The third-order valence-corrected chi connectivity index (χ3v) is 5.88. The van der Waals surface area contributed by atoms with Crippen LogP contribution >= 0.6 is 27.5 Å². The molecule has 0 saturated carbocycles. The van der Waals surface area contributed by atoms with Crippen LogP contribution in [0.4, 0.5) is 5.69 Å². The summed E-state index contributed by atoms with van der Waals surface area (Å²) >= 11 is 9.36. The Morgan fingerprint density at radius 1 is 1.13 bits per heavy atom. The van der Waals surface area contributed by atoms with Gasteiger partial charge in [0.2, 0.25) is 0 Å². The molecule has 1 N–H and O–H groups in total. The largest absolute Gasteiger partial charge is 0.507 e. The van der Waals surface area contributed by atoms with Gasteiger partial charge in [0.15, 0.2) is 0 Å². The van der Waals surface area contributed by atoms with E-state index in [1.807, 2.05) is 0 Å². The van der Waals surface area contributed by atoms with Crippen LogP contribution in [0.2, 0.25) is 5.02 Å². The fourth-order valence-corrected chi connectivity index (χ4v) is 4.21. The van der Waals surface area contributed by atoms with Gasteiger partial charge in [-0.05, 0) is 77.5 Å². The summed E-state index contributed by atoms with van der Waals surface area (Å²) in [6.07, 6.45) is 0. The molecular weight excluding hydrogens is 486 g/mol. The maximum Gasteiger partial charge on any atom is 0.300 e. The Morgan fingerprint density at radius 3 is 2.42 bits per heavy atom. The van der Waals surface area contributed by atoms with Crippen molar-refractivity contribution in [2.45, 2.75) is 13.0 Å². The molecule has 2 heterocycles. The minimum Gasteiger partial charge on any atom is -0.507 e. The van der Waals surface area contributed by atoms with Crippen LogP contribution in [0.5, 0.6) is 5.75 Å². The lowest BCUT2D eigenvalue weighted by molar-refractivity contribution is -0.132. The molecule has 158 valence electrons. The van der Waals surface area contributed by atoms with E-state index in [0.717, 1.165) is 0 Å². The number of furan rings is 1.